The number of carbonyl (C=O) groups is 1. The van der Waals surface area contributed by atoms with Crippen molar-refractivity contribution < 1.29 is 14.3 Å². The number of aryl methyl sites for hydroxylation is 1. The fourth-order valence-corrected chi connectivity index (χ4v) is 2.27. The van der Waals surface area contributed by atoms with Gasteiger partial charge in [-0.3, -0.25) is 0 Å². The Morgan fingerprint density at radius 3 is 2.89 bits per heavy atom. The highest BCUT2D eigenvalue weighted by Gasteiger charge is 2.18. The van der Waals surface area contributed by atoms with Gasteiger partial charge in [0.05, 0.1) is 17.2 Å². The first-order valence-corrected chi connectivity index (χ1v) is 6.37. The predicted octanol–water partition coefficient (Wildman–Crippen LogP) is 2.32. The molecule has 0 spiro atoms. The second-order valence-corrected chi connectivity index (χ2v) is 5.08. The van der Waals surface area contributed by atoms with E-state index in [9.17, 15) is 9.18 Å². The van der Waals surface area contributed by atoms with E-state index in [1.807, 2.05) is 12.3 Å². The lowest BCUT2D eigenvalue weighted by Crippen LogP contribution is -2.20. The first kappa shape index (κ1) is 13.4. The summed E-state index contributed by atoms with van der Waals surface area (Å²) in [7, 11) is 1.64. The normalized spacial score (nSPS) is 10.5. The molecule has 2 aromatic rings. The second-order valence-electron chi connectivity index (χ2n) is 4.02. The molecule has 0 aliphatic rings. The molecule has 7 heteroatoms. The molecule has 0 saturated heterocycles. The number of halogens is 1. The minimum atomic E-state index is -1.31. The molecular formula is C12H12FN3O2S. The van der Waals surface area contributed by atoms with Crippen LogP contribution < -0.4 is 4.90 Å². The van der Waals surface area contributed by atoms with Gasteiger partial charge in [0.15, 0.2) is 11.6 Å². The molecule has 2 heterocycles. The Labute approximate surface area is 113 Å². The number of aromatic nitrogens is 2. The molecule has 0 unspecified atom stereocenters. The largest absolute Gasteiger partial charge is 0.478 e. The minimum absolute atomic E-state index is 0.00514. The van der Waals surface area contributed by atoms with Crippen LogP contribution in [0.1, 0.15) is 21.1 Å². The molecule has 0 aliphatic carbocycles. The molecule has 19 heavy (non-hydrogen) atoms. The van der Waals surface area contributed by atoms with Crippen LogP contribution in [0.15, 0.2) is 17.6 Å². The number of pyridine rings is 1. The molecular weight excluding hydrogens is 269 g/mol. The predicted molar refractivity (Wildman–Crippen MR) is 70.1 cm³/mol. The van der Waals surface area contributed by atoms with Gasteiger partial charge in [0.2, 0.25) is 0 Å². The van der Waals surface area contributed by atoms with Crippen LogP contribution in [0.5, 0.6) is 0 Å². The smallest absolute Gasteiger partial charge is 0.338 e. The minimum Gasteiger partial charge on any atom is -0.478 e. The Bertz CT molecular complexity index is 615. The highest BCUT2D eigenvalue weighted by atomic mass is 32.1. The van der Waals surface area contributed by atoms with Crippen LogP contribution in [0, 0.1) is 12.7 Å². The third-order valence-electron chi connectivity index (χ3n) is 2.53. The van der Waals surface area contributed by atoms with Crippen LogP contribution in [-0.4, -0.2) is 28.1 Å². The zero-order chi connectivity index (χ0) is 14.0. The maximum absolute atomic E-state index is 14.0. The average Bonchev–Trinajstić information content (AvgIpc) is 2.74. The van der Waals surface area contributed by atoms with Crippen molar-refractivity contribution in [3.8, 4) is 0 Å². The number of hydrogen-bond acceptors (Lipinski definition) is 5. The number of hydrogen-bond donors (Lipinski definition) is 1. The van der Waals surface area contributed by atoms with Crippen molar-refractivity contribution in [3.63, 3.8) is 0 Å². The summed E-state index contributed by atoms with van der Waals surface area (Å²) in [4.78, 5) is 20.6. The van der Waals surface area contributed by atoms with Crippen molar-refractivity contribution in [1.29, 1.82) is 0 Å². The van der Waals surface area contributed by atoms with Crippen LogP contribution in [0.4, 0.5) is 10.2 Å². The standard InChI is InChI=1S/C12H12FN3O2S/c1-7-15-8(6-19-7)5-16(2)11-10(13)9(12(17)18)3-4-14-11/h3-4,6H,5H2,1-2H3,(H,17,18). The second kappa shape index (κ2) is 5.31. The summed E-state index contributed by atoms with van der Waals surface area (Å²) in [5, 5.41) is 11.7. The van der Waals surface area contributed by atoms with Gasteiger partial charge >= 0.3 is 5.97 Å². The number of carboxylic acid groups (broad SMARTS) is 1. The summed E-state index contributed by atoms with van der Waals surface area (Å²) in [6, 6.07) is 1.14. The molecule has 0 aromatic carbocycles. The van der Waals surface area contributed by atoms with Gasteiger partial charge in [-0.1, -0.05) is 0 Å². The van der Waals surface area contributed by atoms with E-state index in [1.165, 1.54) is 22.4 Å². The Kier molecular flexibility index (Phi) is 3.75. The van der Waals surface area contributed by atoms with Crippen LogP contribution >= 0.6 is 11.3 Å². The van der Waals surface area contributed by atoms with Gasteiger partial charge in [-0.25, -0.2) is 19.2 Å². The molecule has 2 rings (SSSR count). The number of carboxylic acids is 1. The van der Waals surface area contributed by atoms with Crippen molar-refractivity contribution in [2.45, 2.75) is 13.5 Å². The van der Waals surface area contributed by atoms with E-state index < -0.39 is 11.8 Å². The number of nitrogens with zero attached hydrogens (tertiary/aromatic N) is 3. The lowest BCUT2D eigenvalue weighted by atomic mass is 10.2. The molecule has 0 saturated carbocycles. The van der Waals surface area contributed by atoms with E-state index in [4.69, 9.17) is 5.11 Å². The summed E-state index contributed by atoms with van der Waals surface area (Å²) >= 11 is 1.51. The van der Waals surface area contributed by atoms with Gasteiger partial charge in [-0.15, -0.1) is 11.3 Å². The number of anilines is 1. The Balaban J connectivity index is 2.26. The van der Waals surface area contributed by atoms with Gasteiger partial charge in [0.1, 0.15) is 5.56 Å². The first-order chi connectivity index (χ1) is 8.99. The Morgan fingerprint density at radius 1 is 1.58 bits per heavy atom. The van der Waals surface area contributed by atoms with E-state index in [-0.39, 0.29) is 11.4 Å². The summed E-state index contributed by atoms with van der Waals surface area (Å²) in [5.41, 5.74) is 0.415. The van der Waals surface area contributed by atoms with Crippen molar-refractivity contribution in [3.05, 3.63) is 39.7 Å². The van der Waals surface area contributed by atoms with Crippen molar-refractivity contribution in [1.82, 2.24) is 9.97 Å². The topological polar surface area (TPSA) is 66.3 Å². The van der Waals surface area contributed by atoms with Crippen LogP contribution in [0.2, 0.25) is 0 Å². The molecule has 100 valence electrons. The Morgan fingerprint density at radius 2 is 2.32 bits per heavy atom. The molecule has 0 atom stereocenters. The SMILES string of the molecule is Cc1nc(CN(C)c2nccc(C(=O)O)c2F)cs1. The van der Waals surface area contributed by atoms with E-state index in [0.717, 1.165) is 16.8 Å². The quantitative estimate of drug-likeness (QED) is 0.931. The number of thiazole rings is 1. The van der Waals surface area contributed by atoms with E-state index >= 15 is 0 Å². The van der Waals surface area contributed by atoms with Crippen molar-refractivity contribution in [2.75, 3.05) is 11.9 Å². The number of aromatic carboxylic acids is 1. The summed E-state index contributed by atoms with van der Waals surface area (Å²) in [6.45, 7) is 2.26. The summed E-state index contributed by atoms with van der Waals surface area (Å²) < 4.78 is 14.0. The van der Waals surface area contributed by atoms with Gasteiger partial charge in [-0.05, 0) is 13.0 Å². The zero-order valence-corrected chi connectivity index (χ0v) is 11.2. The molecule has 2 aromatic heterocycles. The third kappa shape index (κ3) is 2.87. The highest BCUT2D eigenvalue weighted by molar-refractivity contribution is 7.09. The Hall–Kier alpha value is -2.02. The van der Waals surface area contributed by atoms with Crippen LogP contribution in [-0.2, 0) is 6.54 Å². The molecule has 0 radical (unpaired) electrons. The van der Waals surface area contributed by atoms with Gasteiger partial charge < -0.3 is 10.0 Å². The fourth-order valence-electron chi connectivity index (χ4n) is 1.66. The molecule has 0 bridgehead atoms. The van der Waals surface area contributed by atoms with Crippen LogP contribution in [0.25, 0.3) is 0 Å². The monoisotopic (exact) mass is 281 g/mol. The molecule has 5 nitrogen and oxygen atoms in total. The third-order valence-corrected chi connectivity index (χ3v) is 3.35. The zero-order valence-electron chi connectivity index (χ0n) is 10.4. The number of rotatable bonds is 4. The molecule has 0 amide bonds. The van der Waals surface area contributed by atoms with E-state index in [0.29, 0.717) is 6.54 Å². The lowest BCUT2D eigenvalue weighted by molar-refractivity contribution is 0.0692. The first-order valence-electron chi connectivity index (χ1n) is 5.49. The maximum Gasteiger partial charge on any atom is 0.338 e. The average molecular weight is 281 g/mol. The van der Waals surface area contributed by atoms with E-state index in [2.05, 4.69) is 9.97 Å². The summed E-state index contributed by atoms with van der Waals surface area (Å²) in [5.74, 6) is -2.13. The van der Waals surface area contributed by atoms with Crippen molar-refractivity contribution in [2.24, 2.45) is 0 Å². The van der Waals surface area contributed by atoms with Gasteiger partial charge in [-0.2, -0.15) is 0 Å². The summed E-state index contributed by atoms with van der Waals surface area (Å²) in [6.07, 6.45) is 1.28. The van der Waals surface area contributed by atoms with Crippen LogP contribution in [0.3, 0.4) is 0 Å². The molecule has 0 aliphatic heterocycles. The van der Waals surface area contributed by atoms with E-state index in [1.54, 1.807) is 7.05 Å². The van der Waals surface area contributed by atoms with Gasteiger partial charge in [0.25, 0.3) is 0 Å². The molecule has 1 N–H and O–H groups in total. The van der Waals surface area contributed by atoms with Gasteiger partial charge in [0, 0.05) is 18.6 Å². The maximum atomic E-state index is 14.0. The lowest BCUT2D eigenvalue weighted by Gasteiger charge is -2.17. The highest BCUT2D eigenvalue weighted by Crippen LogP contribution is 2.20. The molecule has 0 fully saturated rings. The fraction of sp³-hybridized carbons (Fsp3) is 0.250. The van der Waals surface area contributed by atoms with Crippen molar-refractivity contribution >= 4 is 23.1 Å².